The van der Waals surface area contributed by atoms with Crippen LogP contribution < -0.4 is 11.1 Å². The van der Waals surface area contributed by atoms with Crippen molar-refractivity contribution in [2.45, 2.75) is 6.92 Å². The smallest absolute Gasteiger partial charge is 0.222 e. The molecular formula is C10H12F2N2O. The van der Waals surface area contributed by atoms with Gasteiger partial charge in [0.15, 0.2) is 0 Å². The molecule has 0 saturated carbocycles. The van der Waals surface area contributed by atoms with E-state index in [1.54, 1.807) is 6.92 Å². The lowest BCUT2D eigenvalue weighted by Crippen LogP contribution is -2.27. The van der Waals surface area contributed by atoms with Gasteiger partial charge < -0.3 is 11.1 Å². The topological polar surface area (TPSA) is 55.1 Å². The Labute approximate surface area is 86.3 Å². The summed E-state index contributed by atoms with van der Waals surface area (Å²) >= 11 is 0. The van der Waals surface area contributed by atoms with Gasteiger partial charge in [-0.05, 0) is 12.1 Å². The number of hydrogen-bond acceptors (Lipinski definition) is 2. The molecule has 0 aliphatic carbocycles. The maximum absolute atomic E-state index is 13.1. The third kappa shape index (κ3) is 2.90. The van der Waals surface area contributed by atoms with Gasteiger partial charge >= 0.3 is 0 Å². The van der Waals surface area contributed by atoms with E-state index in [0.717, 1.165) is 12.1 Å². The minimum atomic E-state index is -0.688. The van der Waals surface area contributed by atoms with Gasteiger partial charge in [-0.2, -0.15) is 0 Å². The van der Waals surface area contributed by atoms with Crippen molar-refractivity contribution in [1.82, 2.24) is 0 Å². The highest BCUT2D eigenvalue weighted by molar-refractivity contribution is 5.76. The summed E-state index contributed by atoms with van der Waals surface area (Å²) in [7, 11) is 0. The van der Waals surface area contributed by atoms with E-state index in [0.29, 0.717) is 0 Å². The van der Waals surface area contributed by atoms with Gasteiger partial charge in [-0.25, -0.2) is 8.78 Å². The van der Waals surface area contributed by atoms with E-state index in [4.69, 9.17) is 5.73 Å². The Morgan fingerprint density at radius 3 is 2.47 bits per heavy atom. The Bertz CT molecular complexity index is 348. The van der Waals surface area contributed by atoms with Crippen LogP contribution in [0.3, 0.4) is 0 Å². The maximum Gasteiger partial charge on any atom is 0.222 e. The molecule has 1 atom stereocenters. The monoisotopic (exact) mass is 214 g/mol. The lowest BCUT2D eigenvalue weighted by molar-refractivity contribution is -0.120. The molecule has 0 radical (unpaired) electrons. The van der Waals surface area contributed by atoms with Gasteiger partial charge in [0.1, 0.15) is 17.3 Å². The number of amides is 1. The van der Waals surface area contributed by atoms with Crippen LogP contribution >= 0.6 is 0 Å². The first kappa shape index (κ1) is 11.4. The van der Waals surface area contributed by atoms with Crippen LogP contribution in [-0.4, -0.2) is 12.5 Å². The van der Waals surface area contributed by atoms with Crippen molar-refractivity contribution in [2.24, 2.45) is 11.7 Å². The van der Waals surface area contributed by atoms with Gasteiger partial charge in [0.25, 0.3) is 0 Å². The number of rotatable bonds is 4. The molecule has 0 saturated heterocycles. The molecule has 1 aromatic rings. The zero-order chi connectivity index (χ0) is 11.4. The van der Waals surface area contributed by atoms with E-state index in [2.05, 4.69) is 5.32 Å². The second-order valence-corrected chi connectivity index (χ2v) is 3.28. The van der Waals surface area contributed by atoms with Crippen LogP contribution in [0.5, 0.6) is 0 Å². The normalized spacial score (nSPS) is 12.2. The molecule has 0 bridgehead atoms. The average Bonchev–Trinajstić information content (AvgIpc) is 2.16. The van der Waals surface area contributed by atoms with Gasteiger partial charge in [-0.1, -0.05) is 13.0 Å². The van der Waals surface area contributed by atoms with Crippen molar-refractivity contribution >= 4 is 11.6 Å². The number of nitrogens with one attached hydrogen (secondary N) is 1. The van der Waals surface area contributed by atoms with Crippen LogP contribution in [0.25, 0.3) is 0 Å². The first-order valence-corrected chi connectivity index (χ1v) is 4.49. The van der Waals surface area contributed by atoms with Crippen LogP contribution in [0.1, 0.15) is 6.92 Å². The van der Waals surface area contributed by atoms with E-state index in [9.17, 15) is 13.6 Å². The zero-order valence-corrected chi connectivity index (χ0v) is 8.26. The highest BCUT2D eigenvalue weighted by Crippen LogP contribution is 2.18. The lowest BCUT2D eigenvalue weighted by atomic mass is 10.1. The van der Waals surface area contributed by atoms with Crippen molar-refractivity contribution in [2.75, 3.05) is 11.9 Å². The predicted molar refractivity (Wildman–Crippen MR) is 53.2 cm³/mol. The molecule has 0 aliphatic rings. The Kier molecular flexibility index (Phi) is 3.60. The van der Waals surface area contributed by atoms with Crippen LogP contribution in [0.2, 0.25) is 0 Å². The summed E-state index contributed by atoms with van der Waals surface area (Å²) in [4.78, 5) is 10.7. The standard InChI is InChI=1S/C10H12F2N2O/c1-6(10(13)15)5-14-9-7(11)3-2-4-8(9)12/h2-4,6,14H,5H2,1H3,(H2,13,15). The molecule has 3 nitrogen and oxygen atoms in total. The Hall–Kier alpha value is -1.65. The molecule has 0 aromatic heterocycles. The van der Waals surface area contributed by atoms with Gasteiger partial charge in [0.2, 0.25) is 5.91 Å². The van der Waals surface area contributed by atoms with E-state index >= 15 is 0 Å². The first-order chi connectivity index (χ1) is 7.02. The van der Waals surface area contributed by atoms with Crippen LogP contribution in [0.4, 0.5) is 14.5 Å². The van der Waals surface area contributed by atoms with E-state index in [1.165, 1.54) is 6.07 Å². The number of carbonyl (C=O) groups is 1. The Morgan fingerprint density at radius 1 is 1.47 bits per heavy atom. The number of benzene rings is 1. The summed E-state index contributed by atoms with van der Waals surface area (Å²) in [5.41, 5.74) is 4.78. The summed E-state index contributed by atoms with van der Waals surface area (Å²) in [6.45, 7) is 1.68. The maximum atomic E-state index is 13.1. The highest BCUT2D eigenvalue weighted by Gasteiger charge is 2.12. The first-order valence-electron chi connectivity index (χ1n) is 4.49. The molecule has 1 amide bonds. The molecule has 15 heavy (non-hydrogen) atoms. The number of anilines is 1. The third-order valence-corrected chi connectivity index (χ3v) is 2.03. The molecule has 0 aliphatic heterocycles. The van der Waals surface area contributed by atoms with E-state index in [-0.39, 0.29) is 12.2 Å². The molecule has 0 spiro atoms. The fourth-order valence-corrected chi connectivity index (χ4v) is 1.02. The fourth-order valence-electron chi connectivity index (χ4n) is 1.02. The highest BCUT2D eigenvalue weighted by atomic mass is 19.1. The number of hydrogen-bond donors (Lipinski definition) is 2. The van der Waals surface area contributed by atoms with Crippen molar-refractivity contribution in [3.63, 3.8) is 0 Å². The van der Waals surface area contributed by atoms with Gasteiger partial charge in [0.05, 0.1) is 5.92 Å². The minimum Gasteiger partial charge on any atom is -0.380 e. The number of carbonyl (C=O) groups excluding carboxylic acids is 1. The number of primary amides is 1. The van der Waals surface area contributed by atoms with Crippen molar-refractivity contribution in [3.05, 3.63) is 29.8 Å². The van der Waals surface area contributed by atoms with Gasteiger partial charge in [-0.15, -0.1) is 0 Å². The fraction of sp³-hybridized carbons (Fsp3) is 0.300. The Balaban J connectivity index is 2.69. The lowest BCUT2D eigenvalue weighted by Gasteiger charge is -2.11. The molecule has 82 valence electrons. The van der Waals surface area contributed by atoms with E-state index < -0.39 is 23.5 Å². The number of para-hydroxylation sites is 1. The molecule has 1 rings (SSSR count). The van der Waals surface area contributed by atoms with Crippen molar-refractivity contribution in [3.8, 4) is 0 Å². The molecule has 3 N–H and O–H groups in total. The van der Waals surface area contributed by atoms with Crippen molar-refractivity contribution < 1.29 is 13.6 Å². The summed E-state index contributed by atoms with van der Waals surface area (Å²) < 4.78 is 26.2. The molecule has 1 unspecified atom stereocenters. The molecule has 1 aromatic carbocycles. The van der Waals surface area contributed by atoms with Gasteiger partial charge in [0, 0.05) is 6.54 Å². The second-order valence-electron chi connectivity index (χ2n) is 3.28. The quantitative estimate of drug-likeness (QED) is 0.798. The summed E-state index contributed by atoms with van der Waals surface area (Å²) in [6.07, 6.45) is 0. The molecule has 0 heterocycles. The van der Waals surface area contributed by atoms with E-state index in [1.807, 2.05) is 0 Å². The molecule has 5 heteroatoms. The number of halogens is 2. The summed E-state index contributed by atoms with van der Waals surface area (Å²) in [5.74, 6) is -2.37. The molecule has 0 fully saturated rings. The SMILES string of the molecule is CC(CNc1c(F)cccc1F)C(N)=O. The average molecular weight is 214 g/mol. The second kappa shape index (κ2) is 4.72. The minimum absolute atomic E-state index is 0.104. The number of nitrogens with two attached hydrogens (primary N) is 1. The van der Waals surface area contributed by atoms with Crippen molar-refractivity contribution in [1.29, 1.82) is 0 Å². The van der Waals surface area contributed by atoms with Crippen LogP contribution in [0, 0.1) is 17.6 Å². The third-order valence-electron chi connectivity index (χ3n) is 2.03. The van der Waals surface area contributed by atoms with Gasteiger partial charge in [-0.3, -0.25) is 4.79 Å². The molecular weight excluding hydrogens is 202 g/mol. The van der Waals surface area contributed by atoms with Crippen LogP contribution in [-0.2, 0) is 4.79 Å². The summed E-state index contributed by atoms with van der Waals surface area (Å²) in [5, 5.41) is 2.51. The predicted octanol–water partition coefficient (Wildman–Crippen LogP) is 1.50. The zero-order valence-electron chi connectivity index (χ0n) is 8.26. The van der Waals surface area contributed by atoms with Crippen LogP contribution in [0.15, 0.2) is 18.2 Å². The summed E-state index contributed by atoms with van der Waals surface area (Å²) in [6, 6.07) is 3.55. The largest absolute Gasteiger partial charge is 0.380 e. The Morgan fingerprint density at radius 2 is 2.00 bits per heavy atom.